The van der Waals surface area contributed by atoms with Crippen LogP contribution in [0, 0.1) is 17.8 Å². The molecule has 2 N–H and O–H groups in total. The number of carbonyl (C=O) groups is 4. The number of tetrazole rings is 1. The number of fused-ring (bicyclic) bond motifs is 2. The molecular formula is C38H52N4O12. The van der Waals surface area contributed by atoms with Gasteiger partial charge in [-0.25, -0.2) is 14.4 Å². The van der Waals surface area contributed by atoms with Gasteiger partial charge in [0, 0.05) is 25.3 Å². The summed E-state index contributed by atoms with van der Waals surface area (Å²) in [7, 11) is 3.32. The van der Waals surface area contributed by atoms with Gasteiger partial charge in [0.2, 0.25) is 17.2 Å². The lowest BCUT2D eigenvalue weighted by Crippen LogP contribution is -2.74. The second-order valence-electron chi connectivity index (χ2n) is 14.3. The minimum Gasteiger partial charge on any atom is -0.467 e. The van der Waals surface area contributed by atoms with Crippen LogP contribution >= 0.6 is 0 Å². The van der Waals surface area contributed by atoms with E-state index in [2.05, 4.69) is 35.8 Å². The molecule has 0 radical (unpaired) electrons. The third kappa shape index (κ3) is 8.26. The number of ether oxygens (including phenoxy) is 6. The second kappa shape index (κ2) is 17.3. The molecule has 2 fully saturated rings. The van der Waals surface area contributed by atoms with Crippen LogP contribution in [0.15, 0.2) is 54.6 Å². The number of aliphatic hydroxyl groups is 2. The molecule has 0 unspecified atom stereocenters. The molecule has 2 bridgehead atoms. The Balaban J connectivity index is 1.80. The first-order chi connectivity index (χ1) is 25.5. The number of aryl methyl sites for hydroxylation is 1. The number of rotatable bonds is 17. The van der Waals surface area contributed by atoms with Gasteiger partial charge in [0.25, 0.3) is 5.60 Å². The van der Waals surface area contributed by atoms with E-state index in [-0.39, 0.29) is 24.7 Å². The summed E-state index contributed by atoms with van der Waals surface area (Å²) in [6.07, 6.45) is -2.37. The van der Waals surface area contributed by atoms with Crippen LogP contribution in [0.2, 0.25) is 0 Å². The predicted octanol–water partition coefficient (Wildman–Crippen LogP) is 2.87. The number of hydrogen-bond acceptors (Lipinski definition) is 15. The summed E-state index contributed by atoms with van der Waals surface area (Å²) in [5.74, 6) is -7.06. The predicted molar refractivity (Wildman–Crippen MR) is 190 cm³/mol. The van der Waals surface area contributed by atoms with Crippen molar-refractivity contribution in [3.63, 3.8) is 0 Å². The Hall–Kier alpha value is -4.51. The third-order valence-corrected chi connectivity index (χ3v) is 10.2. The highest BCUT2D eigenvalue weighted by atomic mass is 16.8. The Morgan fingerprint density at radius 2 is 1.76 bits per heavy atom. The van der Waals surface area contributed by atoms with Crippen molar-refractivity contribution in [2.24, 2.45) is 24.8 Å². The van der Waals surface area contributed by atoms with Gasteiger partial charge in [0.1, 0.15) is 12.2 Å². The maximum absolute atomic E-state index is 14.1. The molecule has 4 rings (SSSR count). The normalized spacial score (nSPS) is 28.4. The molecule has 2 aliphatic rings. The number of benzene rings is 1. The van der Waals surface area contributed by atoms with Crippen LogP contribution in [0.4, 0.5) is 0 Å². The van der Waals surface area contributed by atoms with E-state index in [1.54, 1.807) is 6.08 Å². The molecule has 1 aromatic heterocycles. The van der Waals surface area contributed by atoms with Gasteiger partial charge >= 0.3 is 23.9 Å². The lowest BCUT2D eigenvalue weighted by atomic mass is 9.74. The average Bonchev–Trinajstić information content (AvgIpc) is 3.67. The Morgan fingerprint density at radius 3 is 2.33 bits per heavy atom. The summed E-state index contributed by atoms with van der Waals surface area (Å²) in [5, 5.41) is 36.5. The highest BCUT2D eigenvalue weighted by Gasteiger charge is 2.85. The van der Waals surface area contributed by atoms with Crippen molar-refractivity contribution in [2.75, 3.05) is 14.2 Å². The van der Waals surface area contributed by atoms with Gasteiger partial charge in [-0.2, -0.15) is 4.80 Å². The van der Waals surface area contributed by atoms with Crippen molar-refractivity contribution in [3.05, 3.63) is 66.0 Å². The number of allylic oxidation sites excluding steroid dienone is 1. The van der Waals surface area contributed by atoms with Gasteiger partial charge in [0.05, 0.1) is 21.3 Å². The number of aromatic nitrogens is 4. The van der Waals surface area contributed by atoms with Crippen LogP contribution in [-0.2, 0) is 61.1 Å². The summed E-state index contributed by atoms with van der Waals surface area (Å²) >= 11 is 0. The fourth-order valence-corrected chi connectivity index (χ4v) is 7.28. The van der Waals surface area contributed by atoms with E-state index >= 15 is 0 Å². The standard InChI is InChI=1S/C38H52N4O12/c1-10-22(2)20-23(3)16-17-28(44)52-31-30(45)36(19-18-24(4)29(51-26(6)43)25(5)21-27-14-12-11-13-15-27)53-32(33-39-41-42(7)40-33)37(48,34(46)49-8)38(31,54-36)35(47)50-9/h11-17,22-23,25,29-32,45,48H,4,10,18-21H2,1-3,5-9H3/b17-16+/t22-,23+,25+,29+,30+,31+,32+,36-,37+,38-/m0/s1. The first-order valence-corrected chi connectivity index (χ1v) is 18.0. The number of methoxy groups -OCH3 is 2. The highest BCUT2D eigenvalue weighted by molar-refractivity contribution is 5.95. The Labute approximate surface area is 314 Å². The van der Waals surface area contributed by atoms with Crippen molar-refractivity contribution in [2.45, 2.75) is 108 Å². The number of esters is 4. The first kappa shape index (κ1) is 42.2. The molecular weight excluding hydrogens is 704 g/mol. The topological polar surface area (TPSA) is 208 Å². The van der Waals surface area contributed by atoms with Gasteiger partial charge in [0.15, 0.2) is 12.2 Å². The monoisotopic (exact) mass is 756 g/mol. The highest BCUT2D eigenvalue weighted by Crippen LogP contribution is 2.59. The van der Waals surface area contributed by atoms with E-state index in [1.807, 2.05) is 44.2 Å². The molecule has 1 aromatic carbocycles. The van der Waals surface area contributed by atoms with Gasteiger partial charge < -0.3 is 38.6 Å². The molecule has 0 spiro atoms. The van der Waals surface area contributed by atoms with E-state index in [4.69, 9.17) is 28.4 Å². The van der Waals surface area contributed by atoms with Crippen LogP contribution < -0.4 is 0 Å². The minimum atomic E-state index is -3.22. The molecule has 10 atom stereocenters. The maximum atomic E-state index is 14.1. The molecule has 296 valence electrons. The molecule has 2 aromatic rings. The summed E-state index contributed by atoms with van der Waals surface area (Å²) < 4.78 is 34.1. The van der Waals surface area contributed by atoms with Crippen molar-refractivity contribution in [1.82, 2.24) is 20.2 Å². The fraction of sp³-hybridized carbons (Fsp3) is 0.605. The Kier molecular flexibility index (Phi) is 13.5. The summed E-state index contributed by atoms with van der Waals surface area (Å²) in [4.78, 5) is 54.6. The molecule has 2 saturated heterocycles. The second-order valence-corrected chi connectivity index (χ2v) is 14.3. The quantitative estimate of drug-likeness (QED) is 0.103. The van der Waals surface area contributed by atoms with E-state index in [9.17, 15) is 29.4 Å². The zero-order valence-electron chi connectivity index (χ0n) is 32.1. The molecule has 0 saturated carbocycles. The molecule has 16 nitrogen and oxygen atoms in total. The molecule has 3 heterocycles. The molecule has 2 aliphatic heterocycles. The van der Waals surface area contributed by atoms with Crippen molar-refractivity contribution < 1.29 is 57.8 Å². The number of hydrogen-bond donors (Lipinski definition) is 2. The minimum absolute atomic E-state index is 0.0414. The number of aliphatic hydroxyl groups excluding tert-OH is 1. The van der Waals surface area contributed by atoms with Crippen LogP contribution in [-0.4, -0.2) is 104 Å². The summed E-state index contributed by atoms with van der Waals surface area (Å²) in [5.41, 5.74) is -4.83. The molecule has 54 heavy (non-hydrogen) atoms. The lowest BCUT2D eigenvalue weighted by molar-refractivity contribution is -0.384. The van der Waals surface area contributed by atoms with Crippen molar-refractivity contribution in [3.8, 4) is 0 Å². The summed E-state index contributed by atoms with van der Waals surface area (Å²) in [6.45, 7) is 13.4. The zero-order valence-corrected chi connectivity index (χ0v) is 32.1. The lowest BCUT2D eigenvalue weighted by Gasteiger charge is -2.50. The van der Waals surface area contributed by atoms with Gasteiger partial charge in [-0.1, -0.05) is 77.1 Å². The largest absolute Gasteiger partial charge is 0.467 e. The van der Waals surface area contributed by atoms with Crippen molar-refractivity contribution in [1.29, 1.82) is 0 Å². The van der Waals surface area contributed by atoms with E-state index in [0.717, 1.165) is 43.5 Å². The van der Waals surface area contributed by atoms with Crippen LogP contribution in [0.5, 0.6) is 0 Å². The maximum Gasteiger partial charge on any atom is 0.346 e. The zero-order chi connectivity index (χ0) is 40.0. The molecule has 0 amide bonds. The SMILES string of the molecule is C=C(CC[C@]12O[C@H](c3nnn(C)n3)[C@@](O)(C(=O)OC)[C@](C(=O)OC)(O1)[C@H](OC(=O)/C=C/[C@@H](C)C[C@@H](C)CC)[C@H]2O)[C@@H](OC(C)=O)[C@H](C)Cc1ccccc1. The van der Waals surface area contributed by atoms with Crippen LogP contribution in [0.25, 0.3) is 0 Å². The Bertz CT molecular complexity index is 1700. The van der Waals surface area contributed by atoms with Crippen molar-refractivity contribution >= 4 is 23.9 Å². The number of carbonyl (C=O) groups excluding carboxylic acids is 4. The fourth-order valence-electron chi connectivity index (χ4n) is 7.28. The van der Waals surface area contributed by atoms with E-state index in [1.165, 1.54) is 14.0 Å². The van der Waals surface area contributed by atoms with Crippen LogP contribution in [0.3, 0.4) is 0 Å². The smallest absolute Gasteiger partial charge is 0.346 e. The first-order valence-electron chi connectivity index (χ1n) is 18.0. The van der Waals surface area contributed by atoms with Gasteiger partial charge in [-0.15, -0.1) is 10.2 Å². The Morgan fingerprint density at radius 1 is 1.09 bits per heavy atom. The van der Waals surface area contributed by atoms with Crippen LogP contribution in [0.1, 0.15) is 77.8 Å². The van der Waals surface area contributed by atoms with E-state index < -0.39 is 71.1 Å². The van der Waals surface area contributed by atoms with Gasteiger partial charge in [-0.3, -0.25) is 4.79 Å². The molecule has 0 aliphatic carbocycles. The number of nitrogens with zero attached hydrogens (tertiary/aromatic N) is 4. The average molecular weight is 757 g/mol. The third-order valence-electron chi connectivity index (χ3n) is 10.2. The summed E-state index contributed by atoms with van der Waals surface area (Å²) in [6, 6.07) is 9.57. The van der Waals surface area contributed by atoms with Gasteiger partial charge in [-0.05, 0) is 47.4 Å². The molecule has 16 heteroatoms. The van der Waals surface area contributed by atoms with E-state index in [0.29, 0.717) is 17.9 Å².